The lowest BCUT2D eigenvalue weighted by atomic mass is 10.2. The number of hydrogen-bond acceptors (Lipinski definition) is 3. The molecule has 1 nitrogen and oxygen atoms in total. The number of thiophene rings is 1. The van der Waals surface area contributed by atoms with Crippen LogP contribution in [0.5, 0.6) is 0 Å². The molecule has 13 heavy (non-hydrogen) atoms. The van der Waals surface area contributed by atoms with Crippen molar-refractivity contribution < 1.29 is 0 Å². The van der Waals surface area contributed by atoms with E-state index in [-0.39, 0.29) is 0 Å². The quantitative estimate of drug-likeness (QED) is 0.828. The first-order chi connectivity index (χ1) is 6.36. The standard InChI is InChI=1S/C10H15NS2/c1-8-2-5-13-10(8)6-11-9-3-4-12-7-9/h2,5,9,11H,3-4,6-7H2,1H3. The van der Waals surface area contributed by atoms with E-state index in [4.69, 9.17) is 0 Å². The van der Waals surface area contributed by atoms with E-state index in [1.165, 1.54) is 28.4 Å². The number of aryl methyl sites for hydroxylation is 1. The second-order valence-electron chi connectivity index (χ2n) is 3.47. The molecule has 1 fully saturated rings. The van der Waals surface area contributed by atoms with Gasteiger partial charge in [-0.15, -0.1) is 11.3 Å². The minimum absolute atomic E-state index is 0.756. The molecule has 1 aliphatic heterocycles. The van der Waals surface area contributed by atoms with Gasteiger partial charge < -0.3 is 5.32 Å². The summed E-state index contributed by atoms with van der Waals surface area (Å²) in [5.74, 6) is 2.63. The Bertz CT molecular complexity index is 264. The fraction of sp³-hybridized carbons (Fsp3) is 0.600. The molecule has 0 aliphatic carbocycles. The monoisotopic (exact) mass is 213 g/mol. The maximum atomic E-state index is 3.61. The Morgan fingerprint density at radius 2 is 2.54 bits per heavy atom. The lowest BCUT2D eigenvalue weighted by molar-refractivity contribution is 0.560. The smallest absolute Gasteiger partial charge is 0.0305 e. The zero-order valence-electron chi connectivity index (χ0n) is 7.88. The van der Waals surface area contributed by atoms with Gasteiger partial charge in [-0.25, -0.2) is 0 Å². The van der Waals surface area contributed by atoms with Crippen LogP contribution in [0.4, 0.5) is 0 Å². The summed E-state index contributed by atoms with van der Waals surface area (Å²) in [7, 11) is 0. The SMILES string of the molecule is Cc1ccsc1CNC1CCSC1. The largest absolute Gasteiger partial charge is 0.308 e. The van der Waals surface area contributed by atoms with E-state index in [2.05, 4.69) is 35.4 Å². The lowest BCUT2D eigenvalue weighted by Crippen LogP contribution is -2.27. The molecule has 0 radical (unpaired) electrons. The van der Waals surface area contributed by atoms with Gasteiger partial charge in [0, 0.05) is 23.2 Å². The summed E-state index contributed by atoms with van der Waals surface area (Å²) in [5.41, 5.74) is 1.43. The van der Waals surface area contributed by atoms with Gasteiger partial charge >= 0.3 is 0 Å². The topological polar surface area (TPSA) is 12.0 Å². The van der Waals surface area contributed by atoms with Crippen LogP contribution in [0.2, 0.25) is 0 Å². The lowest BCUT2D eigenvalue weighted by Gasteiger charge is -2.10. The Balaban J connectivity index is 1.82. The molecule has 0 amide bonds. The van der Waals surface area contributed by atoms with Crippen LogP contribution in [0, 0.1) is 6.92 Å². The van der Waals surface area contributed by atoms with Crippen LogP contribution in [0.15, 0.2) is 11.4 Å². The first kappa shape index (κ1) is 9.56. The molecule has 1 saturated heterocycles. The highest BCUT2D eigenvalue weighted by Crippen LogP contribution is 2.19. The summed E-state index contributed by atoms with van der Waals surface area (Å²) in [4.78, 5) is 1.50. The maximum Gasteiger partial charge on any atom is 0.0305 e. The van der Waals surface area contributed by atoms with E-state index < -0.39 is 0 Å². The summed E-state index contributed by atoms with van der Waals surface area (Å²) < 4.78 is 0. The molecule has 1 aliphatic rings. The molecule has 1 unspecified atom stereocenters. The highest BCUT2D eigenvalue weighted by Gasteiger charge is 2.14. The normalized spacial score (nSPS) is 22.4. The molecule has 0 aromatic carbocycles. The number of thioether (sulfide) groups is 1. The molecule has 72 valence electrons. The van der Waals surface area contributed by atoms with Crippen molar-refractivity contribution in [1.82, 2.24) is 5.32 Å². The van der Waals surface area contributed by atoms with Crippen molar-refractivity contribution in [3.63, 3.8) is 0 Å². The Hall–Kier alpha value is 0.01000. The van der Waals surface area contributed by atoms with Gasteiger partial charge in [-0.2, -0.15) is 11.8 Å². The van der Waals surface area contributed by atoms with E-state index in [9.17, 15) is 0 Å². The molecule has 1 aromatic rings. The predicted octanol–water partition coefficient (Wildman–Crippen LogP) is 2.65. The first-order valence-electron chi connectivity index (χ1n) is 4.70. The molecule has 0 spiro atoms. The van der Waals surface area contributed by atoms with E-state index >= 15 is 0 Å². The average Bonchev–Trinajstić information content (AvgIpc) is 2.72. The second-order valence-corrected chi connectivity index (χ2v) is 5.62. The van der Waals surface area contributed by atoms with Gasteiger partial charge in [-0.05, 0) is 36.1 Å². The van der Waals surface area contributed by atoms with Crippen molar-refractivity contribution in [3.8, 4) is 0 Å². The molecule has 3 heteroatoms. The molecular weight excluding hydrogens is 198 g/mol. The van der Waals surface area contributed by atoms with Crippen LogP contribution in [0.1, 0.15) is 16.9 Å². The van der Waals surface area contributed by atoms with Crippen molar-refractivity contribution in [3.05, 3.63) is 21.9 Å². The van der Waals surface area contributed by atoms with Gasteiger partial charge in [-0.1, -0.05) is 0 Å². The van der Waals surface area contributed by atoms with E-state index in [1.54, 1.807) is 0 Å². The zero-order chi connectivity index (χ0) is 9.10. The molecule has 1 aromatic heterocycles. The fourth-order valence-electron chi connectivity index (χ4n) is 1.52. The Labute approximate surface area is 87.9 Å². The summed E-state index contributed by atoms with van der Waals surface area (Å²) in [6.07, 6.45) is 1.34. The number of rotatable bonds is 3. The van der Waals surface area contributed by atoms with Crippen molar-refractivity contribution in [2.45, 2.75) is 25.9 Å². The molecule has 0 bridgehead atoms. The van der Waals surface area contributed by atoms with Crippen molar-refractivity contribution >= 4 is 23.1 Å². The van der Waals surface area contributed by atoms with Crippen LogP contribution in [0.3, 0.4) is 0 Å². The maximum absolute atomic E-state index is 3.61. The third-order valence-electron chi connectivity index (χ3n) is 2.45. The molecule has 1 N–H and O–H groups in total. The molecule has 0 saturated carbocycles. The first-order valence-corrected chi connectivity index (χ1v) is 6.74. The van der Waals surface area contributed by atoms with Crippen LogP contribution < -0.4 is 5.32 Å². The Morgan fingerprint density at radius 1 is 1.62 bits per heavy atom. The van der Waals surface area contributed by atoms with Crippen LogP contribution >= 0.6 is 23.1 Å². The van der Waals surface area contributed by atoms with E-state index in [0.717, 1.165) is 12.6 Å². The summed E-state index contributed by atoms with van der Waals surface area (Å²) in [6.45, 7) is 3.26. The van der Waals surface area contributed by atoms with Crippen molar-refractivity contribution in [2.24, 2.45) is 0 Å². The fourth-order valence-corrected chi connectivity index (χ4v) is 3.56. The predicted molar refractivity (Wildman–Crippen MR) is 61.6 cm³/mol. The highest BCUT2D eigenvalue weighted by atomic mass is 32.2. The Kier molecular flexibility index (Phi) is 3.30. The third-order valence-corrected chi connectivity index (χ3v) is 4.63. The highest BCUT2D eigenvalue weighted by molar-refractivity contribution is 7.99. The number of nitrogens with one attached hydrogen (secondary N) is 1. The van der Waals surface area contributed by atoms with Gasteiger partial charge in [0.1, 0.15) is 0 Å². The minimum Gasteiger partial charge on any atom is -0.308 e. The Morgan fingerprint density at radius 3 is 3.15 bits per heavy atom. The van der Waals surface area contributed by atoms with Crippen LogP contribution in [-0.4, -0.2) is 17.5 Å². The van der Waals surface area contributed by atoms with E-state index in [1.807, 2.05) is 11.3 Å². The summed E-state index contributed by atoms with van der Waals surface area (Å²) in [6, 6.07) is 2.96. The molecule has 2 rings (SSSR count). The minimum atomic E-state index is 0.756. The van der Waals surface area contributed by atoms with Gasteiger partial charge in [0.05, 0.1) is 0 Å². The van der Waals surface area contributed by atoms with E-state index in [0.29, 0.717) is 0 Å². The van der Waals surface area contributed by atoms with Crippen molar-refractivity contribution in [1.29, 1.82) is 0 Å². The average molecular weight is 213 g/mol. The van der Waals surface area contributed by atoms with Gasteiger partial charge in [0.15, 0.2) is 0 Å². The van der Waals surface area contributed by atoms with Crippen LogP contribution in [-0.2, 0) is 6.54 Å². The summed E-state index contributed by atoms with van der Waals surface area (Å²) in [5, 5.41) is 5.79. The second kappa shape index (κ2) is 4.49. The van der Waals surface area contributed by atoms with Gasteiger partial charge in [0.25, 0.3) is 0 Å². The van der Waals surface area contributed by atoms with Gasteiger partial charge in [0.2, 0.25) is 0 Å². The van der Waals surface area contributed by atoms with Gasteiger partial charge in [-0.3, -0.25) is 0 Å². The molecular formula is C10H15NS2. The molecule has 2 heterocycles. The third kappa shape index (κ3) is 2.48. The number of hydrogen-bond donors (Lipinski definition) is 1. The molecule has 1 atom stereocenters. The summed E-state index contributed by atoms with van der Waals surface area (Å²) >= 11 is 3.93. The zero-order valence-corrected chi connectivity index (χ0v) is 9.51. The van der Waals surface area contributed by atoms with Crippen LogP contribution in [0.25, 0.3) is 0 Å². The van der Waals surface area contributed by atoms with Crippen molar-refractivity contribution in [2.75, 3.05) is 11.5 Å².